The molecule has 2 N–H and O–H groups in total. The zero-order valence-electron chi connectivity index (χ0n) is 13.6. The van der Waals surface area contributed by atoms with Crippen LogP contribution in [0, 0.1) is 0 Å². The highest BCUT2D eigenvalue weighted by Gasteiger charge is 2.13. The number of hydrazine groups is 1. The highest BCUT2D eigenvalue weighted by atomic mass is 35.5. The van der Waals surface area contributed by atoms with Crippen molar-refractivity contribution in [2.75, 3.05) is 0 Å². The molecule has 7 heteroatoms. The van der Waals surface area contributed by atoms with E-state index in [0.717, 1.165) is 11.0 Å². The lowest BCUT2D eigenvalue weighted by atomic mass is 10.1. The maximum atomic E-state index is 12.1. The van der Waals surface area contributed by atoms with Crippen molar-refractivity contribution in [3.8, 4) is 0 Å². The topological polar surface area (TPSA) is 76.0 Å². The van der Waals surface area contributed by atoms with Gasteiger partial charge in [-0.2, -0.15) is 0 Å². The second-order valence-corrected chi connectivity index (χ2v) is 6.02. The Morgan fingerprint density at radius 1 is 1.00 bits per heavy atom. The van der Waals surface area contributed by atoms with Crippen molar-refractivity contribution in [3.63, 3.8) is 0 Å². The average molecular weight is 357 g/mol. The molecule has 0 spiro atoms. The van der Waals surface area contributed by atoms with E-state index in [-0.39, 0.29) is 24.7 Å². The van der Waals surface area contributed by atoms with Gasteiger partial charge >= 0.3 is 0 Å². The number of fused-ring (bicyclic) bond motifs is 1. The van der Waals surface area contributed by atoms with Crippen LogP contribution in [0.25, 0.3) is 11.0 Å². The van der Waals surface area contributed by atoms with Gasteiger partial charge < -0.3 is 4.57 Å². The number of hydrogen-bond donors (Lipinski definition) is 2. The smallest absolute Gasteiger partial charge is 0.245 e. The first-order valence-corrected chi connectivity index (χ1v) is 8.14. The predicted molar refractivity (Wildman–Crippen MR) is 95.9 cm³/mol. The molecule has 0 saturated heterocycles. The minimum atomic E-state index is -0.342. The number of aryl methyl sites for hydroxylation is 1. The molecule has 0 fully saturated rings. The van der Waals surface area contributed by atoms with E-state index in [1.54, 1.807) is 24.3 Å². The minimum Gasteiger partial charge on any atom is -0.331 e. The molecule has 0 unspecified atom stereocenters. The number of benzene rings is 2. The lowest BCUT2D eigenvalue weighted by Crippen LogP contribution is -2.43. The third kappa shape index (κ3) is 3.97. The van der Waals surface area contributed by atoms with Gasteiger partial charge in [0.2, 0.25) is 11.8 Å². The Hall–Kier alpha value is -2.86. The summed E-state index contributed by atoms with van der Waals surface area (Å²) in [7, 11) is 1.86. The Bertz CT molecular complexity index is 936. The molecule has 0 radical (unpaired) electrons. The highest BCUT2D eigenvalue weighted by molar-refractivity contribution is 6.31. The van der Waals surface area contributed by atoms with Gasteiger partial charge in [-0.15, -0.1) is 0 Å². The standard InChI is InChI=1S/C18H17ClN4O2/c1-23-15-9-5-4-8-14(15)20-16(23)11-18(25)22-21-17(24)10-12-6-2-3-7-13(12)19/h2-9H,10-11H2,1H3,(H,21,24)(H,22,25). The van der Waals surface area contributed by atoms with Crippen molar-refractivity contribution in [1.82, 2.24) is 20.4 Å². The second-order valence-electron chi connectivity index (χ2n) is 5.62. The Labute approximate surface area is 149 Å². The van der Waals surface area contributed by atoms with Crippen LogP contribution in [0.5, 0.6) is 0 Å². The van der Waals surface area contributed by atoms with Crippen LogP contribution in [-0.4, -0.2) is 21.4 Å². The molecule has 6 nitrogen and oxygen atoms in total. The van der Waals surface area contributed by atoms with Crippen LogP contribution in [0.3, 0.4) is 0 Å². The van der Waals surface area contributed by atoms with E-state index in [1.165, 1.54) is 0 Å². The molecule has 1 heterocycles. The third-order valence-corrected chi connectivity index (χ3v) is 4.22. The summed E-state index contributed by atoms with van der Waals surface area (Å²) < 4.78 is 1.86. The molecule has 0 aliphatic heterocycles. The number of nitrogens with zero attached hydrogens (tertiary/aromatic N) is 2. The van der Waals surface area contributed by atoms with E-state index in [1.807, 2.05) is 35.9 Å². The van der Waals surface area contributed by atoms with Crippen LogP contribution in [0.4, 0.5) is 0 Å². The predicted octanol–water partition coefficient (Wildman–Crippen LogP) is 2.16. The van der Waals surface area contributed by atoms with Crippen molar-refractivity contribution >= 4 is 34.4 Å². The van der Waals surface area contributed by atoms with Gasteiger partial charge in [-0.25, -0.2) is 4.98 Å². The first-order valence-electron chi connectivity index (χ1n) is 7.76. The number of nitrogens with one attached hydrogen (secondary N) is 2. The molecule has 0 atom stereocenters. The molecule has 2 aromatic carbocycles. The molecular formula is C18H17ClN4O2. The zero-order valence-corrected chi connectivity index (χ0v) is 14.4. The first kappa shape index (κ1) is 17.0. The maximum Gasteiger partial charge on any atom is 0.245 e. The molecular weight excluding hydrogens is 340 g/mol. The zero-order chi connectivity index (χ0) is 17.8. The molecule has 0 aliphatic carbocycles. The summed E-state index contributed by atoms with van der Waals surface area (Å²) in [5.41, 5.74) is 7.29. The molecule has 2 amide bonds. The van der Waals surface area contributed by atoms with Gasteiger partial charge in [-0.05, 0) is 23.8 Å². The lowest BCUT2D eigenvalue weighted by molar-refractivity contribution is -0.128. The number of amides is 2. The number of rotatable bonds is 4. The summed E-state index contributed by atoms with van der Waals surface area (Å²) >= 11 is 6.02. The Kier molecular flexibility index (Phi) is 5.00. The summed E-state index contributed by atoms with van der Waals surface area (Å²) in [6, 6.07) is 14.7. The van der Waals surface area contributed by atoms with E-state index in [2.05, 4.69) is 15.8 Å². The number of carbonyl (C=O) groups is 2. The quantitative estimate of drug-likeness (QED) is 0.703. The van der Waals surface area contributed by atoms with E-state index >= 15 is 0 Å². The van der Waals surface area contributed by atoms with Crippen LogP contribution in [0.1, 0.15) is 11.4 Å². The van der Waals surface area contributed by atoms with Gasteiger partial charge in [0.1, 0.15) is 5.82 Å². The number of hydrogen-bond acceptors (Lipinski definition) is 3. The Balaban J connectivity index is 1.56. The van der Waals surface area contributed by atoms with Crippen LogP contribution < -0.4 is 10.9 Å². The van der Waals surface area contributed by atoms with E-state index in [4.69, 9.17) is 11.6 Å². The van der Waals surface area contributed by atoms with E-state index < -0.39 is 0 Å². The van der Waals surface area contributed by atoms with Crippen molar-refractivity contribution in [2.45, 2.75) is 12.8 Å². The maximum absolute atomic E-state index is 12.1. The largest absolute Gasteiger partial charge is 0.331 e. The fraction of sp³-hybridized carbons (Fsp3) is 0.167. The van der Waals surface area contributed by atoms with Gasteiger partial charge in [0, 0.05) is 12.1 Å². The fourth-order valence-electron chi connectivity index (χ4n) is 2.54. The highest BCUT2D eigenvalue weighted by Crippen LogP contribution is 2.15. The van der Waals surface area contributed by atoms with Crippen LogP contribution in [0.2, 0.25) is 5.02 Å². The van der Waals surface area contributed by atoms with Crippen LogP contribution in [-0.2, 0) is 29.5 Å². The van der Waals surface area contributed by atoms with Crippen molar-refractivity contribution in [1.29, 1.82) is 0 Å². The number of aromatic nitrogens is 2. The molecule has 0 saturated carbocycles. The summed E-state index contributed by atoms with van der Waals surface area (Å²) in [6.45, 7) is 0. The number of carbonyl (C=O) groups excluding carboxylic acids is 2. The third-order valence-electron chi connectivity index (χ3n) is 3.85. The SMILES string of the molecule is Cn1c(CC(=O)NNC(=O)Cc2ccccc2Cl)nc2ccccc21. The van der Waals surface area contributed by atoms with Crippen molar-refractivity contribution in [3.05, 3.63) is 64.9 Å². The summed E-state index contributed by atoms with van der Waals surface area (Å²) in [6.07, 6.45) is 0.157. The Morgan fingerprint density at radius 3 is 2.36 bits per heavy atom. The van der Waals surface area contributed by atoms with Gasteiger partial charge in [0.15, 0.2) is 0 Å². The second kappa shape index (κ2) is 7.36. The monoisotopic (exact) mass is 356 g/mol. The van der Waals surface area contributed by atoms with Crippen LogP contribution >= 0.6 is 11.6 Å². The van der Waals surface area contributed by atoms with E-state index in [9.17, 15) is 9.59 Å². The summed E-state index contributed by atoms with van der Waals surface area (Å²) in [5, 5.41) is 0.517. The molecule has 3 aromatic rings. The summed E-state index contributed by atoms with van der Waals surface area (Å²) in [4.78, 5) is 28.4. The molecule has 1 aromatic heterocycles. The van der Waals surface area contributed by atoms with Crippen molar-refractivity contribution < 1.29 is 9.59 Å². The normalized spacial score (nSPS) is 10.6. The number of imidazole rings is 1. The van der Waals surface area contributed by atoms with Gasteiger partial charge in [0.05, 0.1) is 23.9 Å². The minimum absolute atomic E-state index is 0.0670. The molecule has 3 rings (SSSR count). The number of halogens is 1. The fourth-order valence-corrected chi connectivity index (χ4v) is 2.74. The van der Waals surface area contributed by atoms with Crippen LogP contribution in [0.15, 0.2) is 48.5 Å². The Morgan fingerprint density at radius 2 is 1.64 bits per heavy atom. The first-order chi connectivity index (χ1) is 12.0. The van der Waals surface area contributed by atoms with Gasteiger partial charge in [0.25, 0.3) is 0 Å². The average Bonchev–Trinajstić information content (AvgIpc) is 2.91. The lowest BCUT2D eigenvalue weighted by Gasteiger charge is -2.08. The molecule has 25 heavy (non-hydrogen) atoms. The molecule has 0 aliphatic rings. The summed E-state index contributed by atoms with van der Waals surface area (Å²) in [5.74, 6) is -0.0589. The molecule has 0 bridgehead atoms. The molecule has 128 valence electrons. The van der Waals surface area contributed by atoms with E-state index in [0.29, 0.717) is 16.4 Å². The van der Waals surface area contributed by atoms with Crippen molar-refractivity contribution in [2.24, 2.45) is 7.05 Å². The van der Waals surface area contributed by atoms with Gasteiger partial charge in [-0.3, -0.25) is 20.4 Å². The number of para-hydroxylation sites is 2. The van der Waals surface area contributed by atoms with Gasteiger partial charge in [-0.1, -0.05) is 41.9 Å².